The Labute approximate surface area is 124 Å². The molecule has 0 bridgehead atoms. The highest BCUT2D eigenvalue weighted by Crippen LogP contribution is 2.31. The van der Waals surface area contributed by atoms with E-state index in [1.807, 2.05) is 25.2 Å². The highest BCUT2D eigenvalue weighted by Gasteiger charge is 2.15. The van der Waals surface area contributed by atoms with Gasteiger partial charge in [0.05, 0.1) is 10.0 Å². The lowest BCUT2D eigenvalue weighted by atomic mass is 9.96. The van der Waals surface area contributed by atoms with Crippen molar-refractivity contribution in [2.75, 3.05) is 7.05 Å². The van der Waals surface area contributed by atoms with Crippen LogP contribution < -0.4 is 5.32 Å². The normalized spacial score (nSPS) is 12.4. The Bertz CT molecular complexity index is 566. The second kappa shape index (κ2) is 6.42. The number of hydrogen-bond donors (Lipinski definition) is 1. The minimum atomic E-state index is 0.160. The van der Waals surface area contributed by atoms with Crippen molar-refractivity contribution in [1.82, 2.24) is 5.32 Å². The van der Waals surface area contributed by atoms with E-state index in [4.69, 9.17) is 23.2 Å². The van der Waals surface area contributed by atoms with Gasteiger partial charge in [-0.15, -0.1) is 0 Å². The van der Waals surface area contributed by atoms with Crippen molar-refractivity contribution in [3.63, 3.8) is 0 Å². The van der Waals surface area contributed by atoms with E-state index < -0.39 is 0 Å². The maximum absolute atomic E-state index is 6.30. The second-order valence-electron chi connectivity index (χ2n) is 4.61. The highest BCUT2D eigenvalue weighted by molar-refractivity contribution is 6.42. The molecule has 1 N–H and O–H groups in total. The van der Waals surface area contributed by atoms with Gasteiger partial charge in [0.1, 0.15) is 0 Å². The van der Waals surface area contributed by atoms with Crippen LogP contribution in [0.1, 0.15) is 22.7 Å². The van der Waals surface area contributed by atoms with Gasteiger partial charge in [-0.1, -0.05) is 59.6 Å². The van der Waals surface area contributed by atoms with Crippen molar-refractivity contribution < 1.29 is 0 Å². The van der Waals surface area contributed by atoms with Gasteiger partial charge >= 0.3 is 0 Å². The van der Waals surface area contributed by atoms with Crippen LogP contribution in [0.25, 0.3) is 0 Å². The number of hydrogen-bond acceptors (Lipinski definition) is 1. The molecule has 0 saturated carbocycles. The van der Waals surface area contributed by atoms with E-state index >= 15 is 0 Å². The predicted octanol–water partition coefficient (Wildman–Crippen LogP) is 4.81. The monoisotopic (exact) mass is 293 g/mol. The molecular formula is C16H17Cl2N. The van der Waals surface area contributed by atoms with Gasteiger partial charge in [-0.3, -0.25) is 0 Å². The molecule has 19 heavy (non-hydrogen) atoms. The van der Waals surface area contributed by atoms with Crippen LogP contribution in [-0.2, 0) is 6.42 Å². The smallest absolute Gasteiger partial charge is 0.0640 e. The third-order valence-electron chi connectivity index (χ3n) is 3.39. The number of halogens is 2. The third-order valence-corrected chi connectivity index (χ3v) is 4.22. The molecule has 2 rings (SSSR count). The van der Waals surface area contributed by atoms with Crippen LogP contribution in [-0.4, -0.2) is 7.05 Å². The summed E-state index contributed by atoms with van der Waals surface area (Å²) in [5.41, 5.74) is 3.65. The van der Waals surface area contributed by atoms with Crippen molar-refractivity contribution in [1.29, 1.82) is 0 Å². The van der Waals surface area contributed by atoms with Crippen molar-refractivity contribution >= 4 is 23.2 Å². The van der Waals surface area contributed by atoms with Crippen LogP contribution in [0.5, 0.6) is 0 Å². The fourth-order valence-electron chi connectivity index (χ4n) is 2.22. The topological polar surface area (TPSA) is 12.0 Å². The summed E-state index contributed by atoms with van der Waals surface area (Å²) in [5, 5.41) is 4.56. The number of likely N-dealkylation sites (N-methyl/N-ethyl adjacent to an activating group) is 1. The van der Waals surface area contributed by atoms with E-state index in [1.54, 1.807) is 0 Å². The first-order valence-corrected chi connectivity index (χ1v) is 7.04. The van der Waals surface area contributed by atoms with Gasteiger partial charge in [0, 0.05) is 6.04 Å². The molecule has 0 aromatic heterocycles. The minimum Gasteiger partial charge on any atom is -0.313 e. The quantitative estimate of drug-likeness (QED) is 0.853. The SMILES string of the molecule is CNC(Cc1ccccc1C)c1cccc(Cl)c1Cl. The van der Waals surface area contributed by atoms with Gasteiger partial charge < -0.3 is 5.32 Å². The fraction of sp³-hybridized carbons (Fsp3) is 0.250. The molecule has 0 heterocycles. The van der Waals surface area contributed by atoms with E-state index in [0.29, 0.717) is 10.0 Å². The van der Waals surface area contributed by atoms with Crippen LogP contribution in [0.2, 0.25) is 10.0 Å². The summed E-state index contributed by atoms with van der Waals surface area (Å²) in [6.45, 7) is 2.13. The summed E-state index contributed by atoms with van der Waals surface area (Å²) < 4.78 is 0. The molecular weight excluding hydrogens is 277 g/mol. The average Bonchev–Trinajstić information content (AvgIpc) is 2.41. The molecule has 0 aliphatic carbocycles. The molecule has 0 aliphatic rings. The molecule has 0 aliphatic heterocycles. The van der Waals surface area contributed by atoms with Crippen LogP contribution in [0.15, 0.2) is 42.5 Å². The lowest BCUT2D eigenvalue weighted by molar-refractivity contribution is 0.591. The summed E-state index contributed by atoms with van der Waals surface area (Å²) in [5.74, 6) is 0. The Morgan fingerprint density at radius 1 is 1.05 bits per heavy atom. The lowest BCUT2D eigenvalue weighted by Crippen LogP contribution is -2.19. The first kappa shape index (κ1) is 14.4. The summed E-state index contributed by atoms with van der Waals surface area (Å²) in [6, 6.07) is 14.3. The number of nitrogens with one attached hydrogen (secondary N) is 1. The van der Waals surface area contributed by atoms with E-state index in [0.717, 1.165) is 12.0 Å². The average molecular weight is 294 g/mol. The lowest BCUT2D eigenvalue weighted by Gasteiger charge is -2.19. The van der Waals surface area contributed by atoms with E-state index in [1.165, 1.54) is 11.1 Å². The molecule has 0 spiro atoms. The fourth-order valence-corrected chi connectivity index (χ4v) is 2.66. The highest BCUT2D eigenvalue weighted by atomic mass is 35.5. The summed E-state index contributed by atoms with van der Waals surface area (Å²) in [4.78, 5) is 0. The van der Waals surface area contributed by atoms with E-state index in [9.17, 15) is 0 Å². The minimum absolute atomic E-state index is 0.160. The summed E-state index contributed by atoms with van der Waals surface area (Å²) in [6.07, 6.45) is 0.892. The van der Waals surface area contributed by atoms with Crippen molar-refractivity contribution in [2.45, 2.75) is 19.4 Å². The van der Waals surface area contributed by atoms with Crippen molar-refractivity contribution in [2.24, 2.45) is 0 Å². The zero-order chi connectivity index (χ0) is 13.8. The summed E-state index contributed by atoms with van der Waals surface area (Å²) >= 11 is 12.4. The molecule has 1 nitrogen and oxygen atoms in total. The van der Waals surface area contributed by atoms with Gasteiger partial charge in [0.2, 0.25) is 0 Å². The van der Waals surface area contributed by atoms with Gasteiger partial charge in [0.25, 0.3) is 0 Å². The number of benzene rings is 2. The Balaban J connectivity index is 2.31. The molecule has 0 radical (unpaired) electrons. The molecule has 100 valence electrons. The molecule has 0 saturated heterocycles. The Kier molecular flexibility index (Phi) is 4.87. The van der Waals surface area contributed by atoms with Gasteiger partial charge in [0.15, 0.2) is 0 Å². The largest absolute Gasteiger partial charge is 0.313 e. The first-order valence-electron chi connectivity index (χ1n) is 6.29. The van der Waals surface area contributed by atoms with Crippen LogP contribution in [0.3, 0.4) is 0 Å². The maximum Gasteiger partial charge on any atom is 0.0640 e. The summed E-state index contributed by atoms with van der Waals surface area (Å²) in [7, 11) is 1.94. The first-order chi connectivity index (χ1) is 9.13. The van der Waals surface area contributed by atoms with Gasteiger partial charge in [-0.25, -0.2) is 0 Å². The van der Waals surface area contributed by atoms with Gasteiger partial charge in [-0.2, -0.15) is 0 Å². The van der Waals surface area contributed by atoms with Crippen LogP contribution >= 0.6 is 23.2 Å². The Morgan fingerprint density at radius 3 is 2.47 bits per heavy atom. The number of aryl methyl sites for hydroxylation is 1. The van der Waals surface area contributed by atoms with Crippen LogP contribution in [0, 0.1) is 6.92 Å². The van der Waals surface area contributed by atoms with E-state index in [2.05, 4.69) is 36.5 Å². The second-order valence-corrected chi connectivity index (χ2v) is 5.40. The number of rotatable bonds is 4. The molecule has 3 heteroatoms. The molecule has 0 fully saturated rings. The zero-order valence-electron chi connectivity index (χ0n) is 11.1. The van der Waals surface area contributed by atoms with Crippen LogP contribution in [0.4, 0.5) is 0 Å². The maximum atomic E-state index is 6.30. The zero-order valence-corrected chi connectivity index (χ0v) is 12.6. The third kappa shape index (κ3) is 3.30. The molecule has 2 aromatic rings. The van der Waals surface area contributed by atoms with E-state index in [-0.39, 0.29) is 6.04 Å². The van der Waals surface area contributed by atoms with Crippen molar-refractivity contribution in [3.8, 4) is 0 Å². The predicted molar refractivity (Wildman–Crippen MR) is 83.1 cm³/mol. The molecule has 2 aromatic carbocycles. The molecule has 1 unspecified atom stereocenters. The molecule has 0 amide bonds. The van der Waals surface area contributed by atoms with Gasteiger partial charge in [-0.05, 0) is 43.1 Å². The molecule has 1 atom stereocenters. The standard InChI is InChI=1S/C16H17Cl2N/c1-11-6-3-4-7-12(11)10-15(19-2)13-8-5-9-14(17)16(13)18/h3-9,15,19H,10H2,1-2H3. The Hall–Kier alpha value is -1.02. The Morgan fingerprint density at radius 2 is 1.79 bits per heavy atom. The van der Waals surface area contributed by atoms with Crippen molar-refractivity contribution in [3.05, 3.63) is 69.2 Å².